The molecule has 0 aliphatic heterocycles. The number of aliphatic carboxylic acids is 1. The zero-order valence-electron chi connectivity index (χ0n) is 34.7. The van der Waals surface area contributed by atoms with E-state index in [1.54, 1.807) is 25.1 Å². The molecule has 57 heavy (non-hydrogen) atoms. The number of benzene rings is 1. The summed E-state index contributed by atoms with van der Waals surface area (Å²) in [5.41, 5.74) is 15.5. The molecule has 6 atom stereocenters. The molecule has 0 saturated carbocycles. The van der Waals surface area contributed by atoms with Crippen molar-refractivity contribution in [2.75, 3.05) is 13.1 Å². The van der Waals surface area contributed by atoms with Crippen LogP contribution >= 0.6 is 0 Å². The first-order valence-electron chi connectivity index (χ1n) is 20.2. The first kappa shape index (κ1) is 50.5. The predicted molar refractivity (Wildman–Crippen MR) is 221 cm³/mol. The van der Waals surface area contributed by atoms with E-state index >= 15 is 0 Å². The summed E-state index contributed by atoms with van der Waals surface area (Å²) in [5.74, 6) is -4.49. The number of carbonyl (C=O) groups excluding carboxylic acids is 5. The molecule has 1 rings (SSSR count). The van der Waals surface area contributed by atoms with Crippen LogP contribution in [0.25, 0.3) is 0 Å². The van der Waals surface area contributed by atoms with Gasteiger partial charge in [0.15, 0.2) is 0 Å². The summed E-state index contributed by atoms with van der Waals surface area (Å²) in [6.45, 7) is 13.0. The number of nitrogens with two attached hydrogens (primary N) is 3. The van der Waals surface area contributed by atoms with Gasteiger partial charge in [-0.3, -0.25) is 24.0 Å². The second kappa shape index (κ2) is 25.7. The number of carboxylic acids is 1. The second-order valence-corrected chi connectivity index (χ2v) is 15.8. The number of unbranched alkanes of at least 4 members (excludes halogenated alkanes) is 3. The summed E-state index contributed by atoms with van der Waals surface area (Å²) in [5, 5.41) is 33.3. The highest BCUT2D eigenvalue weighted by atomic mass is 16.4. The Labute approximate surface area is 338 Å². The van der Waals surface area contributed by atoms with Crippen molar-refractivity contribution in [1.29, 1.82) is 0 Å². The molecule has 0 aliphatic rings. The molecular weight excluding hydrogens is 732 g/mol. The lowest BCUT2D eigenvalue weighted by molar-refractivity contribution is -0.143. The van der Waals surface area contributed by atoms with Crippen LogP contribution in [0.4, 0.5) is 0 Å². The van der Waals surface area contributed by atoms with Crippen molar-refractivity contribution in [3.05, 3.63) is 42.5 Å². The Balaban J connectivity index is 3.42. The Kier molecular flexibility index (Phi) is 22.7. The van der Waals surface area contributed by atoms with Gasteiger partial charge >= 0.3 is 5.97 Å². The Hall–Kier alpha value is -4.54. The Morgan fingerprint density at radius 1 is 0.754 bits per heavy atom. The van der Waals surface area contributed by atoms with Crippen molar-refractivity contribution in [1.82, 2.24) is 26.6 Å². The molecule has 0 bridgehead atoms. The van der Waals surface area contributed by atoms with Crippen LogP contribution in [0, 0.1) is 5.92 Å². The van der Waals surface area contributed by atoms with Crippen LogP contribution in [0.5, 0.6) is 5.75 Å². The minimum absolute atomic E-state index is 0.000582. The lowest BCUT2D eigenvalue weighted by atomic mass is 9.92. The largest absolute Gasteiger partial charge is 0.508 e. The predicted octanol–water partition coefficient (Wildman–Crippen LogP) is 2.01. The highest BCUT2D eigenvalue weighted by Gasteiger charge is 2.39. The van der Waals surface area contributed by atoms with Gasteiger partial charge < -0.3 is 54.0 Å². The summed E-state index contributed by atoms with van der Waals surface area (Å²) in [6.07, 6.45) is 6.66. The highest BCUT2D eigenvalue weighted by Crippen LogP contribution is 2.18. The molecule has 1 aromatic rings. The monoisotopic (exact) mass is 803 g/mol. The number of rotatable bonds is 29. The molecule has 5 amide bonds. The number of amides is 5. The number of allylic oxidation sites excluding steroid dienone is 1. The summed E-state index contributed by atoms with van der Waals surface area (Å²) >= 11 is 0. The number of carboxylic acid groups (broad SMARTS) is 1. The fourth-order valence-electron chi connectivity index (χ4n) is 6.30. The first-order valence-corrected chi connectivity index (χ1v) is 20.2. The second-order valence-electron chi connectivity index (χ2n) is 15.8. The van der Waals surface area contributed by atoms with Crippen molar-refractivity contribution in [3.63, 3.8) is 0 Å². The van der Waals surface area contributed by atoms with Crippen molar-refractivity contribution in [3.8, 4) is 5.75 Å². The molecule has 0 aromatic heterocycles. The molecule has 2 unspecified atom stereocenters. The zero-order valence-corrected chi connectivity index (χ0v) is 34.7. The van der Waals surface area contributed by atoms with Gasteiger partial charge in [0, 0.05) is 6.42 Å². The van der Waals surface area contributed by atoms with Crippen molar-refractivity contribution in [2.45, 2.75) is 153 Å². The third kappa shape index (κ3) is 18.5. The molecule has 0 heterocycles. The number of nitrogens with one attached hydrogen (secondary N) is 5. The number of phenols is 1. The van der Waals surface area contributed by atoms with Crippen LogP contribution in [0.2, 0.25) is 0 Å². The standard InChI is InChI=1S/C41H70N8O8/c1-7-9-12-22-40(5,44)38(56)47-30(15-10-13-23-42)34(51)45-31(16-11-14-24-43)36(53)49-41(6,21-8-2)39(57)48-32(26-28-17-19-29(50)20-18-28)35(52)46-33(37(54)55)25-27(3)4/h7,17-20,27,30-33,50H,1,8-16,21-26,42-44H2,2-6H3,(H,45,51)(H,46,52)(H,47,56)(H,48,57)(H,49,53)(H,54,55)/t30-,31-,32-,33-,40?,41?/m0/s1. The van der Waals surface area contributed by atoms with Gasteiger partial charge in [-0.05, 0) is 121 Å². The van der Waals surface area contributed by atoms with Gasteiger partial charge in [0.2, 0.25) is 29.5 Å². The quantitative estimate of drug-likeness (QED) is 0.0413. The van der Waals surface area contributed by atoms with Crippen molar-refractivity contribution < 1.29 is 39.0 Å². The van der Waals surface area contributed by atoms with Crippen LogP contribution in [-0.4, -0.2) is 94.1 Å². The van der Waals surface area contributed by atoms with E-state index in [1.807, 2.05) is 20.8 Å². The van der Waals surface area contributed by atoms with Crippen LogP contribution in [0.1, 0.15) is 117 Å². The van der Waals surface area contributed by atoms with Crippen LogP contribution in [-0.2, 0) is 35.2 Å². The highest BCUT2D eigenvalue weighted by molar-refractivity contribution is 5.98. The fourth-order valence-corrected chi connectivity index (χ4v) is 6.30. The molecule has 1 aromatic carbocycles. The van der Waals surface area contributed by atoms with E-state index in [9.17, 15) is 39.0 Å². The number of aromatic hydroxyl groups is 1. The maximum atomic E-state index is 14.2. The normalized spacial score (nSPS) is 15.5. The Bertz CT molecular complexity index is 1450. The molecular formula is C41H70N8O8. The van der Waals surface area contributed by atoms with Gasteiger partial charge in [0.25, 0.3) is 0 Å². The van der Waals surface area contributed by atoms with Crippen molar-refractivity contribution >= 4 is 35.5 Å². The molecule has 0 fully saturated rings. The Morgan fingerprint density at radius 3 is 1.79 bits per heavy atom. The van der Waals surface area contributed by atoms with Gasteiger partial charge in [-0.2, -0.15) is 0 Å². The van der Waals surface area contributed by atoms with Crippen molar-refractivity contribution in [2.24, 2.45) is 23.1 Å². The minimum atomic E-state index is -1.58. The van der Waals surface area contributed by atoms with Gasteiger partial charge in [0.05, 0.1) is 5.54 Å². The summed E-state index contributed by atoms with van der Waals surface area (Å²) in [6, 6.07) is 1.40. The summed E-state index contributed by atoms with van der Waals surface area (Å²) in [4.78, 5) is 81.1. The minimum Gasteiger partial charge on any atom is -0.508 e. The van der Waals surface area contributed by atoms with E-state index in [2.05, 4.69) is 33.2 Å². The Morgan fingerprint density at radius 2 is 1.28 bits per heavy atom. The van der Waals surface area contributed by atoms with E-state index in [4.69, 9.17) is 17.2 Å². The third-order valence-corrected chi connectivity index (χ3v) is 9.74. The van der Waals surface area contributed by atoms with Gasteiger partial charge in [-0.15, -0.1) is 6.58 Å². The van der Waals surface area contributed by atoms with Crippen LogP contribution < -0.4 is 43.8 Å². The molecule has 0 radical (unpaired) electrons. The van der Waals surface area contributed by atoms with E-state index < -0.39 is 70.8 Å². The number of hydrogen-bond donors (Lipinski definition) is 10. The van der Waals surface area contributed by atoms with E-state index in [0.29, 0.717) is 70.0 Å². The SMILES string of the molecule is C=CCCCC(C)(N)C(=O)N[C@@H](CCCCN)C(=O)N[C@@H](CCCCN)C(=O)NC(C)(CCC)C(=O)N[C@@H](Cc1ccc(O)cc1)C(=O)N[C@@H](CC(C)C)C(=O)O. The van der Waals surface area contributed by atoms with E-state index in [0.717, 1.165) is 0 Å². The fraction of sp³-hybridized carbons (Fsp3) is 0.659. The van der Waals surface area contributed by atoms with E-state index in [-0.39, 0.29) is 43.8 Å². The molecule has 0 aliphatic carbocycles. The maximum Gasteiger partial charge on any atom is 0.326 e. The molecule has 13 N–H and O–H groups in total. The lowest BCUT2D eigenvalue weighted by Gasteiger charge is -2.33. The number of carbonyl (C=O) groups is 6. The topological polar surface area (TPSA) is 281 Å². The molecule has 0 saturated heterocycles. The van der Waals surface area contributed by atoms with Crippen LogP contribution in [0.15, 0.2) is 36.9 Å². The average molecular weight is 803 g/mol. The van der Waals surface area contributed by atoms with E-state index in [1.165, 1.54) is 19.1 Å². The lowest BCUT2D eigenvalue weighted by Crippen LogP contribution is -2.64. The zero-order chi connectivity index (χ0) is 43.2. The molecule has 322 valence electrons. The summed E-state index contributed by atoms with van der Waals surface area (Å²) in [7, 11) is 0. The van der Waals surface area contributed by atoms with Gasteiger partial charge in [-0.1, -0.05) is 45.4 Å². The van der Waals surface area contributed by atoms with Gasteiger partial charge in [0.1, 0.15) is 35.5 Å². The number of hydrogen-bond acceptors (Lipinski definition) is 10. The molecule has 0 spiro atoms. The third-order valence-electron chi connectivity index (χ3n) is 9.74. The van der Waals surface area contributed by atoms with Gasteiger partial charge in [-0.25, -0.2) is 4.79 Å². The maximum absolute atomic E-state index is 14.2. The smallest absolute Gasteiger partial charge is 0.326 e. The first-order chi connectivity index (χ1) is 26.8. The average Bonchev–Trinajstić information content (AvgIpc) is 3.14. The number of phenolic OH excluding ortho intramolecular Hbond substituents is 1. The molecule has 16 heteroatoms. The summed E-state index contributed by atoms with van der Waals surface area (Å²) < 4.78 is 0. The van der Waals surface area contributed by atoms with Crippen LogP contribution in [0.3, 0.4) is 0 Å². The molecule has 16 nitrogen and oxygen atoms in total.